The zero-order valence-corrected chi connectivity index (χ0v) is 27.0. The Morgan fingerprint density at radius 1 is 0.977 bits per heavy atom. The Bertz CT molecular complexity index is 1540. The number of pyridine rings is 1. The van der Waals surface area contributed by atoms with Crippen LogP contribution in [0.15, 0.2) is 48.0 Å². The van der Waals surface area contributed by atoms with Gasteiger partial charge < -0.3 is 14.7 Å². The lowest BCUT2D eigenvalue weighted by atomic mass is 9.93. The van der Waals surface area contributed by atoms with Crippen molar-refractivity contribution in [2.24, 2.45) is 5.92 Å². The number of aryl methyl sites for hydroxylation is 1. The normalized spacial score (nSPS) is 18.3. The van der Waals surface area contributed by atoms with E-state index in [1.165, 1.54) is 43.4 Å². The average Bonchev–Trinajstić information content (AvgIpc) is 3.48. The minimum atomic E-state index is -0.244. The van der Waals surface area contributed by atoms with Crippen molar-refractivity contribution >= 4 is 33.8 Å². The van der Waals surface area contributed by atoms with E-state index in [1.54, 1.807) is 23.5 Å². The summed E-state index contributed by atoms with van der Waals surface area (Å²) in [5, 5.41) is 2.91. The van der Waals surface area contributed by atoms with Crippen LogP contribution in [0.1, 0.15) is 69.5 Å². The molecule has 2 aliphatic rings. The first-order valence-electron chi connectivity index (χ1n) is 16.4. The van der Waals surface area contributed by atoms with Crippen LogP contribution in [-0.2, 0) is 17.6 Å². The van der Waals surface area contributed by atoms with Crippen LogP contribution in [0.25, 0.3) is 16.9 Å². The van der Waals surface area contributed by atoms with Gasteiger partial charge in [-0.2, -0.15) is 0 Å². The molecule has 2 aliphatic heterocycles. The molecule has 7 nitrogen and oxygen atoms in total. The quantitative estimate of drug-likeness (QED) is 0.197. The number of nitrogens with zero attached hydrogens (tertiary/aromatic N) is 6. The molecule has 0 spiro atoms. The van der Waals surface area contributed by atoms with Crippen LogP contribution in [0.5, 0.6) is 0 Å². The Balaban J connectivity index is 1.11. The lowest BCUT2D eigenvalue weighted by Crippen LogP contribution is -2.35. The molecule has 234 valence electrons. The van der Waals surface area contributed by atoms with E-state index >= 15 is 0 Å². The van der Waals surface area contributed by atoms with Crippen LogP contribution in [0, 0.1) is 11.7 Å². The number of imidazole rings is 1. The number of carbonyl (C=O) groups excluding carboxylic acids is 1. The summed E-state index contributed by atoms with van der Waals surface area (Å²) in [7, 11) is 2.06. The molecular weight excluding hydrogens is 571 g/mol. The van der Waals surface area contributed by atoms with Crippen molar-refractivity contribution < 1.29 is 9.18 Å². The van der Waals surface area contributed by atoms with Crippen molar-refractivity contribution in [3.63, 3.8) is 0 Å². The maximum atomic E-state index is 13.4. The first kappa shape index (κ1) is 30.7. The number of hydrogen-bond acceptors (Lipinski definition) is 6. The summed E-state index contributed by atoms with van der Waals surface area (Å²) in [6, 6.07) is 10.9. The summed E-state index contributed by atoms with van der Waals surface area (Å²) in [5.41, 5.74) is 5.07. The van der Waals surface area contributed by atoms with Gasteiger partial charge in [0.15, 0.2) is 5.13 Å². The molecule has 1 atom stereocenters. The first-order chi connectivity index (χ1) is 21.5. The lowest BCUT2D eigenvalue weighted by molar-refractivity contribution is -0.131. The van der Waals surface area contributed by atoms with Crippen molar-refractivity contribution in [2.45, 2.75) is 71.1 Å². The molecule has 1 aromatic carbocycles. The number of anilines is 2. The Kier molecular flexibility index (Phi) is 9.92. The fourth-order valence-electron chi connectivity index (χ4n) is 6.82. The molecule has 0 bridgehead atoms. The number of hydrogen-bond donors (Lipinski definition) is 0. The molecule has 0 N–H and O–H groups in total. The van der Waals surface area contributed by atoms with Crippen LogP contribution in [-0.4, -0.2) is 69.8 Å². The predicted octanol–water partition coefficient (Wildman–Crippen LogP) is 7.36. The molecule has 2 saturated heterocycles. The fraction of sp³-hybridized carbons (Fsp3) is 0.514. The van der Waals surface area contributed by atoms with Gasteiger partial charge in [0.2, 0.25) is 5.91 Å². The molecule has 3 aromatic heterocycles. The van der Waals surface area contributed by atoms with Gasteiger partial charge in [0, 0.05) is 50.2 Å². The van der Waals surface area contributed by atoms with Gasteiger partial charge in [-0.05, 0) is 99.8 Å². The first-order valence-corrected chi connectivity index (χ1v) is 17.3. The summed E-state index contributed by atoms with van der Waals surface area (Å²) >= 11 is 1.58. The molecule has 0 aliphatic carbocycles. The topological polar surface area (TPSA) is 57.0 Å². The highest BCUT2D eigenvalue weighted by Gasteiger charge is 2.22. The molecule has 0 saturated carbocycles. The third-order valence-electron chi connectivity index (χ3n) is 9.36. The van der Waals surface area contributed by atoms with Crippen molar-refractivity contribution in [1.82, 2.24) is 24.2 Å². The molecule has 4 aromatic rings. The largest absolute Gasteiger partial charge is 0.343 e. The van der Waals surface area contributed by atoms with E-state index in [-0.39, 0.29) is 5.82 Å². The zero-order chi connectivity index (χ0) is 30.5. The molecule has 1 amide bonds. The van der Waals surface area contributed by atoms with Gasteiger partial charge in [0.1, 0.15) is 17.3 Å². The van der Waals surface area contributed by atoms with Crippen molar-refractivity contribution in [3.05, 3.63) is 65.0 Å². The van der Waals surface area contributed by atoms with E-state index in [4.69, 9.17) is 9.97 Å². The highest BCUT2D eigenvalue weighted by atomic mass is 32.1. The van der Waals surface area contributed by atoms with Gasteiger partial charge in [-0.3, -0.25) is 9.20 Å². The number of aromatic nitrogens is 3. The molecule has 1 unspecified atom stereocenters. The van der Waals surface area contributed by atoms with Gasteiger partial charge in [-0.1, -0.05) is 25.8 Å². The number of carbonyl (C=O) groups is 1. The highest BCUT2D eigenvalue weighted by Crippen LogP contribution is 2.34. The third-order valence-corrected chi connectivity index (χ3v) is 10.3. The van der Waals surface area contributed by atoms with Gasteiger partial charge in [-0.25, -0.2) is 14.4 Å². The predicted molar refractivity (Wildman–Crippen MR) is 177 cm³/mol. The lowest BCUT2D eigenvalue weighted by Gasteiger charge is -2.24. The average molecular weight is 617 g/mol. The van der Waals surface area contributed by atoms with E-state index in [0.717, 1.165) is 98.4 Å². The number of fused-ring (bicyclic) bond motifs is 1. The molecule has 5 heterocycles. The van der Waals surface area contributed by atoms with Crippen molar-refractivity contribution in [2.75, 3.05) is 44.7 Å². The Morgan fingerprint density at radius 2 is 1.77 bits per heavy atom. The Hall–Kier alpha value is -3.30. The van der Waals surface area contributed by atoms with E-state index in [0.29, 0.717) is 18.2 Å². The van der Waals surface area contributed by atoms with Crippen LogP contribution in [0.3, 0.4) is 0 Å². The van der Waals surface area contributed by atoms with Gasteiger partial charge >= 0.3 is 0 Å². The second-order valence-electron chi connectivity index (χ2n) is 12.5. The monoisotopic (exact) mass is 616 g/mol. The summed E-state index contributed by atoms with van der Waals surface area (Å²) in [4.78, 5) is 29.4. The summed E-state index contributed by atoms with van der Waals surface area (Å²) in [5.74, 6) is 1.78. The number of amides is 1. The number of benzene rings is 1. The number of rotatable bonds is 9. The van der Waals surface area contributed by atoms with Crippen molar-refractivity contribution in [3.8, 4) is 11.3 Å². The maximum Gasteiger partial charge on any atom is 0.223 e. The summed E-state index contributed by atoms with van der Waals surface area (Å²) < 4.78 is 15.7. The summed E-state index contributed by atoms with van der Waals surface area (Å²) in [6.07, 6.45) is 13.2. The maximum absolute atomic E-state index is 13.4. The minimum absolute atomic E-state index is 0.244. The molecular formula is C35H45FN6OS. The van der Waals surface area contributed by atoms with Crippen LogP contribution in [0.4, 0.5) is 15.3 Å². The van der Waals surface area contributed by atoms with Crippen LogP contribution >= 0.6 is 11.3 Å². The van der Waals surface area contributed by atoms with E-state index in [1.807, 2.05) is 5.38 Å². The van der Waals surface area contributed by atoms with E-state index in [9.17, 15) is 9.18 Å². The minimum Gasteiger partial charge on any atom is -0.343 e. The second-order valence-corrected chi connectivity index (χ2v) is 13.3. The van der Waals surface area contributed by atoms with Crippen molar-refractivity contribution in [1.29, 1.82) is 0 Å². The fourth-order valence-corrected chi connectivity index (χ4v) is 7.62. The number of halogens is 1. The SMILES string of the molecule is CCc1nc2ccc(CC3CCCN(CCC(=O)N4CCCCCC4)CC3)cn2c1N(C)c1nc(-c2ccc(F)cc2)cs1. The zero-order valence-electron chi connectivity index (χ0n) is 26.2. The standard InChI is InChI=1S/C35H45FN6OS/c1-3-30-34(39(2)35-38-31(25-44-35)28-11-13-29(36)14-12-28)42-24-27(10-15-32(42)37-30)23-26-9-8-18-40(21-16-26)22-17-33(43)41-19-6-4-5-7-20-41/h10-15,24-26H,3-9,16-23H2,1-2H3. The number of thiazole rings is 1. The van der Waals surface area contributed by atoms with E-state index in [2.05, 4.69) is 51.4 Å². The summed E-state index contributed by atoms with van der Waals surface area (Å²) in [6.45, 7) is 7.08. The van der Waals surface area contributed by atoms with Gasteiger partial charge in [-0.15, -0.1) is 11.3 Å². The highest BCUT2D eigenvalue weighted by molar-refractivity contribution is 7.14. The molecule has 2 fully saturated rings. The Morgan fingerprint density at radius 3 is 2.55 bits per heavy atom. The van der Waals surface area contributed by atoms with Gasteiger partial charge in [0.05, 0.1) is 11.4 Å². The Labute approximate surface area is 264 Å². The smallest absolute Gasteiger partial charge is 0.223 e. The molecule has 6 rings (SSSR count). The number of likely N-dealkylation sites (tertiary alicyclic amines) is 2. The molecule has 44 heavy (non-hydrogen) atoms. The van der Waals surface area contributed by atoms with Gasteiger partial charge in [0.25, 0.3) is 0 Å². The third kappa shape index (κ3) is 7.15. The van der Waals surface area contributed by atoms with Crippen LogP contribution < -0.4 is 4.90 Å². The second kappa shape index (κ2) is 14.2. The van der Waals surface area contributed by atoms with E-state index < -0.39 is 0 Å². The molecule has 0 radical (unpaired) electrons. The molecule has 9 heteroatoms. The van der Waals surface area contributed by atoms with Crippen LogP contribution in [0.2, 0.25) is 0 Å².